The Balaban J connectivity index is 1.42. The van der Waals surface area contributed by atoms with Crippen LogP contribution in [0.1, 0.15) is 11.1 Å². The molecule has 4 aromatic rings. The van der Waals surface area contributed by atoms with Crippen LogP contribution < -0.4 is 4.90 Å². The first-order chi connectivity index (χ1) is 14.7. The Kier molecular flexibility index (Phi) is 5.38. The minimum atomic E-state index is 0.672. The minimum Gasteiger partial charge on any atom is -0.325 e. The molecule has 0 amide bonds. The molecule has 6 heteroatoms. The summed E-state index contributed by atoms with van der Waals surface area (Å²) in [4.78, 5) is 9.72. The lowest BCUT2D eigenvalue weighted by Gasteiger charge is -2.37. The summed E-state index contributed by atoms with van der Waals surface area (Å²) in [5.41, 5.74) is 4.60. The molecule has 1 aliphatic heterocycles. The van der Waals surface area contributed by atoms with Crippen molar-refractivity contribution in [2.24, 2.45) is 0 Å². The highest BCUT2D eigenvalue weighted by Gasteiger charge is 2.26. The highest BCUT2D eigenvalue weighted by Crippen LogP contribution is 2.29. The van der Waals surface area contributed by atoms with Gasteiger partial charge in [0.15, 0.2) is 0 Å². The summed E-state index contributed by atoms with van der Waals surface area (Å²) in [6.07, 6.45) is 0.872. The van der Waals surface area contributed by atoms with Crippen LogP contribution >= 0.6 is 23.2 Å². The second-order valence-corrected chi connectivity index (χ2v) is 8.52. The van der Waals surface area contributed by atoms with Crippen molar-refractivity contribution in [3.05, 3.63) is 94.0 Å². The summed E-state index contributed by atoms with van der Waals surface area (Å²) >= 11 is 12.4. The van der Waals surface area contributed by atoms with Crippen LogP contribution in [-0.2, 0) is 19.6 Å². The van der Waals surface area contributed by atoms with E-state index in [1.165, 1.54) is 11.1 Å². The number of nitrogens with zero attached hydrogens (tertiary/aromatic N) is 4. The van der Waals surface area contributed by atoms with Crippen molar-refractivity contribution < 1.29 is 0 Å². The molecule has 1 aliphatic rings. The van der Waals surface area contributed by atoms with Crippen molar-refractivity contribution in [3.63, 3.8) is 0 Å². The second kappa shape index (κ2) is 8.31. The Bertz CT molecular complexity index is 1170. The maximum absolute atomic E-state index is 6.40. The van der Waals surface area contributed by atoms with Gasteiger partial charge in [0.05, 0.1) is 24.4 Å². The SMILES string of the molecule is Clc1ccc(CCN2CN(Cc3ccccc3)c3nc4ccccc4n3C2)c(Cl)c1. The van der Waals surface area contributed by atoms with Crippen LogP contribution in [0.3, 0.4) is 0 Å². The topological polar surface area (TPSA) is 24.3 Å². The molecule has 30 heavy (non-hydrogen) atoms. The summed E-state index contributed by atoms with van der Waals surface area (Å²) in [6, 6.07) is 24.6. The number of hydrogen-bond acceptors (Lipinski definition) is 3. The molecule has 152 valence electrons. The lowest BCUT2D eigenvalue weighted by Crippen LogP contribution is -2.45. The van der Waals surface area contributed by atoms with Crippen LogP contribution in [0.4, 0.5) is 5.95 Å². The lowest BCUT2D eigenvalue weighted by atomic mass is 10.1. The average Bonchev–Trinajstić information content (AvgIpc) is 3.13. The van der Waals surface area contributed by atoms with Crippen LogP contribution in [0.2, 0.25) is 10.0 Å². The fraction of sp³-hybridized carbons (Fsp3) is 0.208. The quantitative estimate of drug-likeness (QED) is 0.393. The number of para-hydroxylation sites is 2. The summed E-state index contributed by atoms with van der Waals surface area (Å²) in [6.45, 7) is 3.36. The van der Waals surface area contributed by atoms with E-state index < -0.39 is 0 Å². The fourth-order valence-electron chi connectivity index (χ4n) is 4.06. The Hall–Kier alpha value is -2.53. The molecule has 3 aromatic carbocycles. The zero-order valence-corrected chi connectivity index (χ0v) is 18.0. The molecular weight excluding hydrogens is 415 g/mol. The average molecular weight is 437 g/mol. The Morgan fingerprint density at radius 1 is 0.867 bits per heavy atom. The molecule has 4 nitrogen and oxygen atoms in total. The van der Waals surface area contributed by atoms with Crippen LogP contribution in [0, 0.1) is 0 Å². The molecule has 0 aliphatic carbocycles. The van der Waals surface area contributed by atoms with E-state index in [9.17, 15) is 0 Å². The van der Waals surface area contributed by atoms with Gasteiger partial charge in [-0.1, -0.05) is 71.7 Å². The molecule has 0 spiro atoms. The highest BCUT2D eigenvalue weighted by atomic mass is 35.5. The van der Waals surface area contributed by atoms with E-state index in [0.29, 0.717) is 5.02 Å². The van der Waals surface area contributed by atoms with Gasteiger partial charge in [-0.05, 0) is 41.8 Å². The number of imidazole rings is 1. The standard InChI is InChI=1S/C24H22Cl2N4/c25-20-11-10-19(21(26)14-20)12-13-28-16-29(15-18-6-2-1-3-7-18)24-27-22-8-4-5-9-23(22)30(24)17-28/h1-11,14H,12-13,15-17H2. The van der Waals surface area contributed by atoms with E-state index in [0.717, 1.165) is 54.9 Å². The van der Waals surface area contributed by atoms with E-state index in [4.69, 9.17) is 28.2 Å². The van der Waals surface area contributed by atoms with Crippen molar-refractivity contribution in [2.75, 3.05) is 18.1 Å². The Morgan fingerprint density at radius 3 is 2.50 bits per heavy atom. The molecule has 0 saturated heterocycles. The molecule has 1 aromatic heterocycles. The van der Waals surface area contributed by atoms with Gasteiger partial charge in [0.2, 0.25) is 5.95 Å². The van der Waals surface area contributed by atoms with Gasteiger partial charge in [-0.3, -0.25) is 9.47 Å². The first kappa shape index (κ1) is 19.4. The number of anilines is 1. The first-order valence-electron chi connectivity index (χ1n) is 10.1. The highest BCUT2D eigenvalue weighted by molar-refractivity contribution is 6.35. The predicted molar refractivity (Wildman–Crippen MR) is 124 cm³/mol. The van der Waals surface area contributed by atoms with Crippen molar-refractivity contribution >= 4 is 40.2 Å². The Morgan fingerprint density at radius 2 is 1.67 bits per heavy atom. The fourth-order valence-corrected chi connectivity index (χ4v) is 4.56. The summed E-state index contributed by atoms with van der Waals surface area (Å²) in [5.74, 6) is 1.03. The molecule has 0 unspecified atom stereocenters. The van der Waals surface area contributed by atoms with E-state index in [1.54, 1.807) is 0 Å². The number of fused-ring (bicyclic) bond motifs is 3. The van der Waals surface area contributed by atoms with Crippen LogP contribution in [0.15, 0.2) is 72.8 Å². The summed E-state index contributed by atoms with van der Waals surface area (Å²) in [5, 5.41) is 1.40. The largest absolute Gasteiger partial charge is 0.325 e. The minimum absolute atomic E-state index is 0.672. The number of hydrogen-bond donors (Lipinski definition) is 0. The molecule has 0 fully saturated rings. The third-order valence-electron chi connectivity index (χ3n) is 5.56. The van der Waals surface area contributed by atoms with Gasteiger partial charge in [-0.25, -0.2) is 4.98 Å². The van der Waals surface area contributed by atoms with Gasteiger partial charge in [-0.2, -0.15) is 0 Å². The van der Waals surface area contributed by atoms with Gasteiger partial charge >= 0.3 is 0 Å². The second-order valence-electron chi connectivity index (χ2n) is 7.68. The maximum atomic E-state index is 6.40. The maximum Gasteiger partial charge on any atom is 0.209 e. The van der Waals surface area contributed by atoms with Crippen molar-refractivity contribution in [3.8, 4) is 0 Å². The van der Waals surface area contributed by atoms with Gasteiger partial charge in [0, 0.05) is 23.1 Å². The molecule has 0 atom stereocenters. The van der Waals surface area contributed by atoms with Gasteiger partial charge < -0.3 is 4.90 Å². The first-order valence-corrected chi connectivity index (χ1v) is 10.8. The Labute approximate surface area is 186 Å². The zero-order chi connectivity index (χ0) is 20.5. The summed E-state index contributed by atoms with van der Waals surface area (Å²) < 4.78 is 2.31. The third-order valence-corrected chi connectivity index (χ3v) is 6.15. The van der Waals surface area contributed by atoms with Gasteiger partial charge in [0.1, 0.15) is 0 Å². The zero-order valence-electron chi connectivity index (χ0n) is 16.5. The van der Waals surface area contributed by atoms with E-state index in [-0.39, 0.29) is 0 Å². The molecule has 5 rings (SSSR count). The number of benzene rings is 3. The van der Waals surface area contributed by atoms with Crippen molar-refractivity contribution in [1.82, 2.24) is 14.5 Å². The van der Waals surface area contributed by atoms with Crippen molar-refractivity contribution in [1.29, 1.82) is 0 Å². The van der Waals surface area contributed by atoms with E-state index >= 15 is 0 Å². The van der Waals surface area contributed by atoms with Crippen LogP contribution in [-0.4, -0.2) is 27.7 Å². The third kappa shape index (κ3) is 3.91. The van der Waals surface area contributed by atoms with Crippen molar-refractivity contribution in [2.45, 2.75) is 19.6 Å². The molecule has 0 bridgehead atoms. The molecule has 0 radical (unpaired) electrons. The number of rotatable bonds is 5. The smallest absolute Gasteiger partial charge is 0.209 e. The van der Waals surface area contributed by atoms with E-state index in [1.807, 2.05) is 24.3 Å². The molecular formula is C24H22Cl2N4. The molecule has 0 saturated carbocycles. The van der Waals surface area contributed by atoms with Crippen LogP contribution in [0.25, 0.3) is 11.0 Å². The number of aromatic nitrogens is 2. The molecule has 2 heterocycles. The number of halogens is 2. The molecule has 0 N–H and O–H groups in total. The van der Waals surface area contributed by atoms with E-state index in [2.05, 4.69) is 62.9 Å². The lowest BCUT2D eigenvalue weighted by molar-refractivity contribution is 0.200. The predicted octanol–water partition coefficient (Wildman–Crippen LogP) is 5.82. The normalized spacial score (nSPS) is 14.3. The monoisotopic (exact) mass is 436 g/mol. The van der Waals surface area contributed by atoms with Gasteiger partial charge in [-0.15, -0.1) is 0 Å². The van der Waals surface area contributed by atoms with Crippen LogP contribution in [0.5, 0.6) is 0 Å². The van der Waals surface area contributed by atoms with Gasteiger partial charge in [0.25, 0.3) is 0 Å². The summed E-state index contributed by atoms with van der Waals surface area (Å²) in [7, 11) is 0.